The molecule has 4 nitrogen and oxygen atoms in total. The van der Waals surface area contributed by atoms with Gasteiger partial charge in [-0.15, -0.1) is 0 Å². The van der Waals surface area contributed by atoms with Crippen molar-refractivity contribution in [2.75, 3.05) is 7.11 Å². The molecule has 1 atom stereocenters. The number of methoxy groups -OCH3 is 1. The topological polar surface area (TPSA) is 61.5 Å². The van der Waals surface area contributed by atoms with Gasteiger partial charge in [0.25, 0.3) is 0 Å². The summed E-state index contributed by atoms with van der Waals surface area (Å²) in [4.78, 5) is 13.2. The predicted molar refractivity (Wildman–Crippen MR) is 27.2 cm³/mol. The minimum absolute atomic E-state index is 0.365. The molecule has 0 aromatic rings. The van der Waals surface area contributed by atoms with Crippen LogP contribution < -0.4 is 5.90 Å². The van der Waals surface area contributed by atoms with E-state index in [4.69, 9.17) is 0 Å². The van der Waals surface area contributed by atoms with Crippen LogP contribution in [0.3, 0.4) is 0 Å². The number of carbonyl (C=O) groups is 1. The molecule has 0 spiro atoms. The van der Waals surface area contributed by atoms with Crippen LogP contribution in [0.5, 0.6) is 0 Å². The molecule has 0 saturated carbocycles. The zero-order valence-electron chi connectivity index (χ0n) is 5.81. The van der Waals surface area contributed by atoms with Crippen LogP contribution in [0.25, 0.3) is 0 Å². The van der Waals surface area contributed by atoms with E-state index in [0.29, 0.717) is 7.11 Å². The highest BCUT2D eigenvalue weighted by Crippen LogP contribution is 2.35. The second-order valence-corrected chi connectivity index (χ2v) is 1.70. The number of alkyl halides is 4. The average Bonchev–Trinajstić information content (AvgIpc) is 1.99. The van der Waals surface area contributed by atoms with Crippen LogP contribution in [0, 0.1) is 0 Å². The van der Waals surface area contributed by atoms with Crippen molar-refractivity contribution in [2.45, 2.75) is 12.0 Å². The van der Waals surface area contributed by atoms with Crippen molar-refractivity contribution in [3.63, 3.8) is 0 Å². The summed E-state index contributed by atoms with van der Waals surface area (Å²) >= 11 is 0. The average molecular weight is 191 g/mol. The first-order chi connectivity index (χ1) is 5.29. The Labute approximate surface area is 64.2 Å². The summed E-state index contributed by atoms with van der Waals surface area (Å²) in [5, 5.41) is 0. The van der Waals surface area contributed by atoms with Crippen molar-refractivity contribution < 1.29 is 31.9 Å². The first-order valence-corrected chi connectivity index (χ1v) is 2.51. The highest BCUT2D eigenvalue weighted by Gasteiger charge is 2.64. The molecule has 0 aromatic carbocycles. The molecule has 72 valence electrons. The molecular weight excluding hydrogens is 186 g/mol. The molecule has 0 heterocycles. The highest BCUT2D eigenvalue weighted by atomic mass is 19.4. The lowest BCUT2D eigenvalue weighted by molar-refractivity contribution is -0.317. The van der Waals surface area contributed by atoms with E-state index in [1.165, 1.54) is 0 Å². The first-order valence-electron chi connectivity index (χ1n) is 2.51. The van der Waals surface area contributed by atoms with Gasteiger partial charge >= 0.3 is 18.0 Å². The molecule has 0 aliphatic rings. The lowest BCUT2D eigenvalue weighted by Crippen LogP contribution is -2.51. The Bertz CT molecular complexity index is 182. The van der Waals surface area contributed by atoms with Gasteiger partial charge in [-0.3, -0.25) is 0 Å². The van der Waals surface area contributed by atoms with Crippen LogP contribution in [-0.4, -0.2) is 25.1 Å². The van der Waals surface area contributed by atoms with Crippen molar-refractivity contribution in [3.05, 3.63) is 0 Å². The van der Waals surface area contributed by atoms with Gasteiger partial charge in [0.1, 0.15) is 0 Å². The Morgan fingerprint density at radius 3 is 1.83 bits per heavy atom. The molecule has 12 heavy (non-hydrogen) atoms. The second-order valence-electron chi connectivity index (χ2n) is 1.70. The fourth-order valence-electron chi connectivity index (χ4n) is 0.391. The monoisotopic (exact) mass is 191 g/mol. The van der Waals surface area contributed by atoms with Crippen LogP contribution in [0.15, 0.2) is 0 Å². The lowest BCUT2D eigenvalue weighted by Gasteiger charge is -2.22. The Hall–Kier alpha value is -0.890. The smallest absolute Gasteiger partial charge is 0.369 e. The van der Waals surface area contributed by atoms with Gasteiger partial charge in [0, 0.05) is 7.11 Å². The number of carbonyl (C=O) groups excluding carboxylic acids is 1. The van der Waals surface area contributed by atoms with Gasteiger partial charge in [0.2, 0.25) is 0 Å². The van der Waals surface area contributed by atoms with Crippen LogP contribution in [0.1, 0.15) is 0 Å². The van der Waals surface area contributed by atoms with Gasteiger partial charge in [0.15, 0.2) is 0 Å². The summed E-state index contributed by atoms with van der Waals surface area (Å²) in [6, 6.07) is 0. The molecule has 8 heteroatoms. The Morgan fingerprint density at radius 1 is 1.33 bits per heavy atom. The van der Waals surface area contributed by atoms with Crippen molar-refractivity contribution in [1.82, 2.24) is 0 Å². The van der Waals surface area contributed by atoms with E-state index in [2.05, 4.69) is 15.5 Å². The van der Waals surface area contributed by atoms with E-state index in [-0.39, 0.29) is 0 Å². The molecule has 2 N–H and O–H groups in total. The van der Waals surface area contributed by atoms with E-state index in [0.717, 1.165) is 0 Å². The number of nitrogens with two attached hydrogens (primary N) is 1. The van der Waals surface area contributed by atoms with E-state index in [1.807, 2.05) is 0 Å². The first kappa shape index (κ1) is 11.1. The number of hydrogen-bond donors (Lipinski definition) is 1. The molecular formula is C4H5F4NO3. The van der Waals surface area contributed by atoms with E-state index in [1.54, 1.807) is 0 Å². The van der Waals surface area contributed by atoms with Gasteiger partial charge < -0.3 is 9.57 Å². The van der Waals surface area contributed by atoms with Crippen LogP contribution in [-0.2, 0) is 14.4 Å². The lowest BCUT2D eigenvalue weighted by atomic mass is 10.3. The molecule has 0 bridgehead atoms. The maximum atomic E-state index is 12.5. The van der Waals surface area contributed by atoms with Gasteiger partial charge in [-0.05, 0) is 0 Å². The maximum Gasteiger partial charge on any atom is 0.460 e. The van der Waals surface area contributed by atoms with Crippen molar-refractivity contribution in [2.24, 2.45) is 5.90 Å². The fraction of sp³-hybridized carbons (Fsp3) is 0.750. The number of ether oxygens (including phenoxy) is 1. The summed E-state index contributed by atoms with van der Waals surface area (Å²) < 4.78 is 50.9. The summed E-state index contributed by atoms with van der Waals surface area (Å²) in [6.45, 7) is 0. The maximum absolute atomic E-state index is 12.5. The van der Waals surface area contributed by atoms with Gasteiger partial charge in [0.05, 0.1) is 0 Å². The third kappa shape index (κ3) is 1.64. The molecule has 0 aliphatic heterocycles. The van der Waals surface area contributed by atoms with Crippen LogP contribution in [0.4, 0.5) is 17.6 Å². The number of halogens is 4. The van der Waals surface area contributed by atoms with Gasteiger partial charge in [-0.2, -0.15) is 23.5 Å². The zero-order valence-corrected chi connectivity index (χ0v) is 5.81. The second kappa shape index (κ2) is 3.23. The standard InChI is InChI=1S/C4H5F4NO3/c1-11-3(5,2(10)12-9)4(6,7)8/h9H2,1H3. The summed E-state index contributed by atoms with van der Waals surface area (Å²) in [6.07, 6.45) is -5.52. The normalized spacial score (nSPS) is 16.8. The van der Waals surface area contributed by atoms with E-state index >= 15 is 0 Å². The summed E-state index contributed by atoms with van der Waals surface area (Å²) in [5.74, 6) is -2.79. The predicted octanol–water partition coefficient (Wildman–Crippen LogP) is 0.278. The Kier molecular flexibility index (Phi) is 2.99. The Morgan fingerprint density at radius 2 is 1.75 bits per heavy atom. The summed E-state index contributed by atoms with van der Waals surface area (Å²) in [7, 11) is 0.365. The summed E-state index contributed by atoms with van der Waals surface area (Å²) in [5.41, 5.74) is 0. The zero-order chi connectivity index (χ0) is 9.99. The van der Waals surface area contributed by atoms with Crippen molar-refractivity contribution >= 4 is 5.97 Å². The molecule has 0 rings (SSSR count). The van der Waals surface area contributed by atoms with Crippen molar-refractivity contribution in [3.8, 4) is 0 Å². The van der Waals surface area contributed by atoms with Gasteiger partial charge in [-0.25, -0.2) is 4.79 Å². The molecule has 1 unspecified atom stereocenters. The van der Waals surface area contributed by atoms with Crippen LogP contribution in [0.2, 0.25) is 0 Å². The molecule has 0 aliphatic carbocycles. The molecule has 0 amide bonds. The highest BCUT2D eigenvalue weighted by molar-refractivity contribution is 5.78. The Balaban J connectivity index is 4.80. The van der Waals surface area contributed by atoms with Crippen LogP contribution >= 0.6 is 0 Å². The fourth-order valence-corrected chi connectivity index (χ4v) is 0.391. The third-order valence-electron chi connectivity index (χ3n) is 1.02. The molecule has 0 fully saturated rings. The molecule has 0 radical (unpaired) electrons. The number of rotatable bonds is 2. The quantitative estimate of drug-likeness (QED) is 0.503. The van der Waals surface area contributed by atoms with E-state index < -0.39 is 18.0 Å². The molecule has 0 aromatic heterocycles. The van der Waals surface area contributed by atoms with Crippen molar-refractivity contribution in [1.29, 1.82) is 0 Å². The number of hydrogen-bond acceptors (Lipinski definition) is 4. The molecule has 0 saturated heterocycles. The van der Waals surface area contributed by atoms with E-state index in [9.17, 15) is 22.4 Å². The largest absolute Gasteiger partial charge is 0.460 e. The third-order valence-corrected chi connectivity index (χ3v) is 1.02. The minimum Gasteiger partial charge on any atom is -0.369 e. The van der Waals surface area contributed by atoms with Gasteiger partial charge in [-0.1, -0.05) is 0 Å². The SMILES string of the molecule is COC(F)(C(=O)ON)C(F)(F)F. The minimum atomic E-state index is -5.52.